The zero-order valence-corrected chi connectivity index (χ0v) is 10.7. The molecule has 4 nitrogen and oxygen atoms in total. The Hall–Kier alpha value is -1.86. The maximum atomic E-state index is 12.3. The number of piperazine rings is 1. The molecule has 1 fully saturated rings. The molecular weight excluding hydrogens is 226 g/mol. The van der Waals surface area contributed by atoms with E-state index in [4.69, 9.17) is 5.26 Å². The van der Waals surface area contributed by atoms with Crippen LogP contribution in [0.5, 0.6) is 0 Å². The number of nitrogens with one attached hydrogen (secondary N) is 1. The van der Waals surface area contributed by atoms with Crippen molar-refractivity contribution in [3.8, 4) is 6.07 Å². The first-order valence-corrected chi connectivity index (χ1v) is 6.13. The first-order valence-electron chi connectivity index (χ1n) is 6.13. The highest BCUT2D eigenvalue weighted by Gasteiger charge is 2.33. The maximum Gasteiger partial charge on any atom is 0.245 e. The van der Waals surface area contributed by atoms with Crippen LogP contribution >= 0.6 is 0 Å². The van der Waals surface area contributed by atoms with Gasteiger partial charge in [-0.25, -0.2) is 0 Å². The normalized spacial score (nSPS) is 23.8. The Balaban J connectivity index is 2.29. The molecule has 18 heavy (non-hydrogen) atoms. The molecule has 0 aliphatic carbocycles. The highest BCUT2D eigenvalue weighted by atomic mass is 16.2. The Morgan fingerprint density at radius 1 is 1.56 bits per heavy atom. The molecule has 2 rings (SSSR count). The summed E-state index contributed by atoms with van der Waals surface area (Å²) in [6.45, 7) is 4.73. The van der Waals surface area contributed by atoms with Crippen LogP contribution in [-0.2, 0) is 4.79 Å². The van der Waals surface area contributed by atoms with Gasteiger partial charge in [0.2, 0.25) is 5.91 Å². The molecule has 2 atom stereocenters. The molecule has 1 aliphatic heterocycles. The maximum absolute atomic E-state index is 12.3. The molecule has 1 aromatic rings. The summed E-state index contributed by atoms with van der Waals surface area (Å²) in [6, 6.07) is 9.68. The molecule has 1 N–H and O–H groups in total. The number of anilines is 1. The molecule has 94 valence electrons. The Morgan fingerprint density at radius 3 is 3.00 bits per heavy atom. The number of amides is 1. The van der Waals surface area contributed by atoms with Gasteiger partial charge < -0.3 is 10.2 Å². The van der Waals surface area contributed by atoms with Crippen LogP contribution in [0.4, 0.5) is 5.69 Å². The second kappa shape index (κ2) is 5.19. The minimum absolute atomic E-state index is 0.0131. The van der Waals surface area contributed by atoms with Crippen LogP contribution < -0.4 is 10.2 Å². The Kier molecular flexibility index (Phi) is 3.63. The average Bonchev–Trinajstić information content (AvgIpc) is 2.33. The number of carbonyl (C=O) groups is 1. The molecule has 1 saturated heterocycles. The number of rotatable bonds is 2. The van der Waals surface area contributed by atoms with E-state index in [9.17, 15) is 4.79 Å². The van der Waals surface area contributed by atoms with E-state index >= 15 is 0 Å². The van der Waals surface area contributed by atoms with Crippen LogP contribution in [0.15, 0.2) is 24.3 Å². The van der Waals surface area contributed by atoms with Crippen molar-refractivity contribution in [2.75, 3.05) is 11.4 Å². The molecule has 1 aliphatic rings. The van der Waals surface area contributed by atoms with Crippen LogP contribution in [-0.4, -0.2) is 24.5 Å². The van der Waals surface area contributed by atoms with Crippen LogP contribution in [0.2, 0.25) is 0 Å². The minimum Gasteiger partial charge on any atom is -0.307 e. The lowest BCUT2D eigenvalue weighted by Crippen LogP contribution is -2.59. The van der Waals surface area contributed by atoms with Crippen molar-refractivity contribution in [1.29, 1.82) is 5.26 Å². The van der Waals surface area contributed by atoms with Crippen LogP contribution in [0.25, 0.3) is 0 Å². The fourth-order valence-corrected chi connectivity index (χ4v) is 2.29. The summed E-state index contributed by atoms with van der Waals surface area (Å²) < 4.78 is 0. The van der Waals surface area contributed by atoms with Crippen molar-refractivity contribution in [2.45, 2.75) is 32.4 Å². The quantitative estimate of drug-likeness (QED) is 0.858. The van der Waals surface area contributed by atoms with Crippen LogP contribution in [0, 0.1) is 18.3 Å². The molecule has 0 saturated carbocycles. The van der Waals surface area contributed by atoms with Crippen LogP contribution in [0.3, 0.4) is 0 Å². The molecule has 0 aromatic heterocycles. The van der Waals surface area contributed by atoms with E-state index in [1.54, 1.807) is 4.90 Å². The number of carbonyl (C=O) groups excluding carboxylic acids is 1. The van der Waals surface area contributed by atoms with Crippen molar-refractivity contribution in [3.05, 3.63) is 29.8 Å². The fourth-order valence-electron chi connectivity index (χ4n) is 2.29. The molecule has 0 radical (unpaired) electrons. The smallest absolute Gasteiger partial charge is 0.245 e. The van der Waals surface area contributed by atoms with E-state index in [0.717, 1.165) is 11.3 Å². The third kappa shape index (κ3) is 2.36. The van der Waals surface area contributed by atoms with Gasteiger partial charge in [0.05, 0.1) is 12.5 Å². The first-order chi connectivity index (χ1) is 8.63. The fraction of sp³-hybridized carbons (Fsp3) is 0.429. The number of aryl methyl sites for hydroxylation is 1. The SMILES string of the molecule is Cc1cccc(N2C(=O)C(CC#N)NCC2C)c1. The topological polar surface area (TPSA) is 56.1 Å². The molecule has 1 aromatic carbocycles. The zero-order valence-electron chi connectivity index (χ0n) is 10.7. The summed E-state index contributed by atoms with van der Waals surface area (Å²) in [5.41, 5.74) is 2.04. The van der Waals surface area contributed by atoms with Crippen molar-refractivity contribution in [3.63, 3.8) is 0 Å². The third-order valence-electron chi connectivity index (χ3n) is 3.21. The van der Waals surface area contributed by atoms with Gasteiger partial charge in [0.1, 0.15) is 6.04 Å². The van der Waals surface area contributed by atoms with Gasteiger partial charge in [-0.2, -0.15) is 5.26 Å². The number of hydrogen-bond donors (Lipinski definition) is 1. The summed E-state index contributed by atoms with van der Waals surface area (Å²) in [5.74, 6) is -0.0131. The second-order valence-corrected chi connectivity index (χ2v) is 4.72. The van der Waals surface area contributed by atoms with Gasteiger partial charge in [-0.15, -0.1) is 0 Å². The van der Waals surface area contributed by atoms with E-state index in [-0.39, 0.29) is 24.4 Å². The summed E-state index contributed by atoms with van der Waals surface area (Å²) in [4.78, 5) is 14.1. The zero-order chi connectivity index (χ0) is 13.1. The number of nitriles is 1. The predicted molar refractivity (Wildman–Crippen MR) is 70.1 cm³/mol. The number of benzene rings is 1. The van der Waals surface area contributed by atoms with Crippen molar-refractivity contribution in [1.82, 2.24) is 5.32 Å². The van der Waals surface area contributed by atoms with E-state index in [1.807, 2.05) is 38.1 Å². The Labute approximate surface area is 107 Å². The lowest BCUT2D eigenvalue weighted by molar-refractivity contribution is -0.122. The van der Waals surface area contributed by atoms with Crippen molar-refractivity contribution in [2.24, 2.45) is 0 Å². The van der Waals surface area contributed by atoms with Crippen LogP contribution in [0.1, 0.15) is 18.9 Å². The predicted octanol–water partition coefficient (Wildman–Crippen LogP) is 1.60. The lowest BCUT2D eigenvalue weighted by atomic mass is 10.1. The van der Waals surface area contributed by atoms with Crippen molar-refractivity contribution < 1.29 is 4.79 Å². The highest BCUT2D eigenvalue weighted by Crippen LogP contribution is 2.22. The van der Waals surface area contributed by atoms with Gasteiger partial charge in [0.25, 0.3) is 0 Å². The number of hydrogen-bond acceptors (Lipinski definition) is 3. The van der Waals surface area contributed by atoms with Gasteiger partial charge in [-0.3, -0.25) is 4.79 Å². The monoisotopic (exact) mass is 243 g/mol. The standard InChI is InChI=1S/C14H17N3O/c1-10-4-3-5-12(8-10)17-11(2)9-16-13(6-7-15)14(17)18/h3-5,8,11,13,16H,6,9H2,1-2H3. The molecule has 0 spiro atoms. The molecule has 1 heterocycles. The lowest BCUT2D eigenvalue weighted by Gasteiger charge is -2.37. The summed E-state index contributed by atoms with van der Waals surface area (Å²) >= 11 is 0. The first kappa shape index (κ1) is 12.6. The summed E-state index contributed by atoms with van der Waals surface area (Å²) in [7, 11) is 0. The summed E-state index contributed by atoms with van der Waals surface area (Å²) in [5, 5.41) is 11.9. The van der Waals surface area contributed by atoms with E-state index in [2.05, 4.69) is 11.4 Å². The molecular formula is C14H17N3O. The minimum atomic E-state index is -0.383. The molecule has 2 unspecified atom stereocenters. The van der Waals surface area contributed by atoms with Gasteiger partial charge >= 0.3 is 0 Å². The van der Waals surface area contributed by atoms with E-state index in [0.29, 0.717) is 6.54 Å². The molecule has 0 bridgehead atoms. The van der Waals surface area contributed by atoms with Gasteiger partial charge in [-0.1, -0.05) is 12.1 Å². The largest absolute Gasteiger partial charge is 0.307 e. The molecule has 1 amide bonds. The average molecular weight is 243 g/mol. The van der Waals surface area contributed by atoms with Gasteiger partial charge in [0.15, 0.2) is 0 Å². The highest BCUT2D eigenvalue weighted by molar-refractivity contribution is 5.98. The number of nitrogens with zero attached hydrogens (tertiary/aromatic N) is 2. The Bertz CT molecular complexity index is 492. The Morgan fingerprint density at radius 2 is 2.33 bits per heavy atom. The van der Waals surface area contributed by atoms with Crippen molar-refractivity contribution >= 4 is 11.6 Å². The second-order valence-electron chi connectivity index (χ2n) is 4.72. The van der Waals surface area contributed by atoms with E-state index < -0.39 is 0 Å². The van der Waals surface area contributed by atoms with Gasteiger partial charge in [0, 0.05) is 18.3 Å². The summed E-state index contributed by atoms with van der Waals surface area (Å²) in [6.07, 6.45) is 0.216. The third-order valence-corrected chi connectivity index (χ3v) is 3.21. The molecule has 4 heteroatoms. The van der Waals surface area contributed by atoms with E-state index in [1.165, 1.54) is 0 Å². The van der Waals surface area contributed by atoms with Gasteiger partial charge in [-0.05, 0) is 31.5 Å².